The molecule has 0 unspecified atom stereocenters. The van der Waals surface area contributed by atoms with Crippen molar-refractivity contribution < 1.29 is 0 Å². The van der Waals surface area contributed by atoms with Gasteiger partial charge in [0.1, 0.15) is 0 Å². The van der Waals surface area contributed by atoms with Crippen LogP contribution < -0.4 is 10.2 Å². The van der Waals surface area contributed by atoms with Crippen molar-refractivity contribution >= 4 is 5.69 Å². The highest BCUT2D eigenvalue weighted by molar-refractivity contribution is 5.52. The molecule has 1 aromatic heterocycles. The molecule has 2 saturated carbocycles. The first kappa shape index (κ1) is 14.8. The van der Waals surface area contributed by atoms with E-state index in [1.807, 2.05) is 6.20 Å². The molecule has 1 heterocycles. The summed E-state index contributed by atoms with van der Waals surface area (Å²) in [6, 6.07) is 2.22. The molecular weight excluding hydrogens is 258 g/mol. The molecule has 3 nitrogen and oxygen atoms in total. The average molecular weight is 287 g/mol. The molecule has 2 aliphatic rings. The summed E-state index contributed by atoms with van der Waals surface area (Å²) >= 11 is 0. The highest BCUT2D eigenvalue weighted by Crippen LogP contribution is 2.36. The Bertz CT molecular complexity index is 436. The Hall–Kier alpha value is -1.09. The number of anilines is 1. The smallest absolute Gasteiger partial charge is 0.0443 e. The first-order chi connectivity index (χ1) is 10.2. The highest BCUT2D eigenvalue weighted by Gasteiger charge is 2.30. The summed E-state index contributed by atoms with van der Waals surface area (Å²) in [5.74, 6) is 2.57. The van der Waals surface area contributed by atoms with Gasteiger partial charge in [-0.3, -0.25) is 4.98 Å². The van der Waals surface area contributed by atoms with Crippen LogP contribution in [0.25, 0.3) is 0 Å². The zero-order chi connectivity index (χ0) is 14.7. The van der Waals surface area contributed by atoms with E-state index in [1.165, 1.54) is 50.0 Å². The Morgan fingerprint density at radius 3 is 2.43 bits per heavy atom. The molecule has 0 amide bonds. The zero-order valence-corrected chi connectivity index (χ0v) is 13.5. The standard InChI is InChI=1S/C18H29N3/c1-14(2)9-20-11-17-10-19-8-7-18(17)21(12-15-3-4-15)13-16-5-6-16/h7-8,10,14-16,20H,3-6,9,11-13H2,1-2H3. The van der Waals surface area contributed by atoms with Crippen molar-refractivity contribution in [3.8, 4) is 0 Å². The van der Waals surface area contributed by atoms with E-state index in [1.54, 1.807) is 0 Å². The van der Waals surface area contributed by atoms with E-state index >= 15 is 0 Å². The Morgan fingerprint density at radius 1 is 1.19 bits per heavy atom. The van der Waals surface area contributed by atoms with Crippen LogP contribution in [-0.4, -0.2) is 24.6 Å². The molecule has 0 atom stereocenters. The largest absolute Gasteiger partial charge is 0.371 e. The van der Waals surface area contributed by atoms with Gasteiger partial charge in [0.25, 0.3) is 0 Å². The Labute approximate surface area is 129 Å². The van der Waals surface area contributed by atoms with Crippen LogP contribution in [0.5, 0.6) is 0 Å². The van der Waals surface area contributed by atoms with Gasteiger partial charge in [-0.05, 0) is 56.0 Å². The fourth-order valence-corrected chi connectivity index (χ4v) is 2.86. The van der Waals surface area contributed by atoms with Crippen molar-refractivity contribution in [3.05, 3.63) is 24.0 Å². The van der Waals surface area contributed by atoms with Crippen LogP contribution in [0, 0.1) is 17.8 Å². The van der Waals surface area contributed by atoms with E-state index in [2.05, 4.69) is 41.3 Å². The van der Waals surface area contributed by atoms with Gasteiger partial charge in [0.2, 0.25) is 0 Å². The second kappa shape index (κ2) is 6.78. The molecule has 0 bridgehead atoms. The lowest BCUT2D eigenvalue weighted by molar-refractivity contribution is 0.550. The van der Waals surface area contributed by atoms with Gasteiger partial charge in [-0.15, -0.1) is 0 Å². The summed E-state index contributed by atoms with van der Waals surface area (Å²) in [6.45, 7) is 9.01. The molecule has 3 rings (SSSR count). The van der Waals surface area contributed by atoms with Gasteiger partial charge < -0.3 is 10.2 Å². The van der Waals surface area contributed by atoms with E-state index in [0.717, 1.165) is 24.9 Å². The minimum absolute atomic E-state index is 0.694. The van der Waals surface area contributed by atoms with E-state index in [-0.39, 0.29) is 0 Å². The topological polar surface area (TPSA) is 28.2 Å². The first-order valence-electron chi connectivity index (χ1n) is 8.61. The number of nitrogens with zero attached hydrogens (tertiary/aromatic N) is 2. The van der Waals surface area contributed by atoms with E-state index < -0.39 is 0 Å². The van der Waals surface area contributed by atoms with Crippen LogP contribution in [0.3, 0.4) is 0 Å². The highest BCUT2D eigenvalue weighted by atomic mass is 15.1. The molecule has 2 aliphatic carbocycles. The molecule has 3 heteroatoms. The Kier molecular flexibility index (Phi) is 4.79. The maximum Gasteiger partial charge on any atom is 0.0443 e. The summed E-state index contributed by atoms with van der Waals surface area (Å²) in [5, 5.41) is 3.57. The summed E-state index contributed by atoms with van der Waals surface area (Å²) in [7, 11) is 0. The van der Waals surface area contributed by atoms with Crippen LogP contribution in [0.1, 0.15) is 45.1 Å². The van der Waals surface area contributed by atoms with E-state index in [0.29, 0.717) is 5.92 Å². The van der Waals surface area contributed by atoms with Crippen molar-refractivity contribution in [1.82, 2.24) is 10.3 Å². The van der Waals surface area contributed by atoms with Gasteiger partial charge in [-0.25, -0.2) is 0 Å². The van der Waals surface area contributed by atoms with Crippen molar-refractivity contribution in [3.63, 3.8) is 0 Å². The number of pyridine rings is 1. The molecule has 0 aliphatic heterocycles. The Morgan fingerprint density at radius 2 is 1.86 bits per heavy atom. The minimum Gasteiger partial charge on any atom is -0.371 e. The second-order valence-corrected chi connectivity index (χ2v) is 7.32. The fraction of sp³-hybridized carbons (Fsp3) is 0.722. The van der Waals surface area contributed by atoms with Crippen molar-refractivity contribution in [2.24, 2.45) is 17.8 Å². The van der Waals surface area contributed by atoms with Gasteiger partial charge in [0, 0.05) is 43.3 Å². The van der Waals surface area contributed by atoms with Crippen LogP contribution in [0.4, 0.5) is 5.69 Å². The molecule has 116 valence electrons. The summed E-state index contributed by atoms with van der Waals surface area (Å²) in [5.41, 5.74) is 2.78. The van der Waals surface area contributed by atoms with Crippen LogP contribution in [0.2, 0.25) is 0 Å². The maximum absolute atomic E-state index is 4.35. The van der Waals surface area contributed by atoms with Crippen molar-refractivity contribution in [2.45, 2.75) is 46.1 Å². The summed E-state index contributed by atoms with van der Waals surface area (Å²) < 4.78 is 0. The number of rotatable bonds is 9. The quantitative estimate of drug-likeness (QED) is 0.754. The van der Waals surface area contributed by atoms with Crippen LogP contribution in [-0.2, 0) is 6.54 Å². The Balaban J connectivity index is 1.67. The van der Waals surface area contributed by atoms with Crippen molar-refractivity contribution in [1.29, 1.82) is 0 Å². The van der Waals surface area contributed by atoms with Gasteiger partial charge >= 0.3 is 0 Å². The SMILES string of the molecule is CC(C)CNCc1cnccc1N(CC1CC1)CC1CC1. The molecule has 0 spiro atoms. The fourth-order valence-electron chi connectivity index (χ4n) is 2.86. The number of hydrogen-bond acceptors (Lipinski definition) is 3. The van der Waals surface area contributed by atoms with Crippen LogP contribution >= 0.6 is 0 Å². The van der Waals surface area contributed by atoms with Crippen LogP contribution in [0.15, 0.2) is 18.5 Å². The number of nitrogens with one attached hydrogen (secondary N) is 1. The summed E-state index contributed by atoms with van der Waals surface area (Å²) in [4.78, 5) is 6.99. The van der Waals surface area contributed by atoms with E-state index in [4.69, 9.17) is 0 Å². The number of hydrogen-bond donors (Lipinski definition) is 1. The third-order valence-electron chi connectivity index (χ3n) is 4.44. The summed E-state index contributed by atoms with van der Waals surface area (Å²) in [6.07, 6.45) is 9.70. The molecule has 0 aromatic carbocycles. The van der Waals surface area contributed by atoms with Crippen molar-refractivity contribution in [2.75, 3.05) is 24.5 Å². The van der Waals surface area contributed by atoms with Gasteiger partial charge in [-0.2, -0.15) is 0 Å². The zero-order valence-electron chi connectivity index (χ0n) is 13.5. The van der Waals surface area contributed by atoms with Gasteiger partial charge in [0.15, 0.2) is 0 Å². The number of aromatic nitrogens is 1. The lowest BCUT2D eigenvalue weighted by Crippen LogP contribution is -2.30. The minimum atomic E-state index is 0.694. The maximum atomic E-state index is 4.35. The van der Waals surface area contributed by atoms with Gasteiger partial charge in [0.05, 0.1) is 0 Å². The van der Waals surface area contributed by atoms with E-state index in [9.17, 15) is 0 Å². The molecule has 1 aromatic rings. The predicted molar refractivity (Wildman–Crippen MR) is 88.4 cm³/mol. The van der Waals surface area contributed by atoms with Gasteiger partial charge in [-0.1, -0.05) is 13.8 Å². The lowest BCUT2D eigenvalue weighted by Gasteiger charge is -2.27. The lowest BCUT2D eigenvalue weighted by atomic mass is 10.1. The molecule has 21 heavy (non-hydrogen) atoms. The molecular formula is C18H29N3. The molecule has 1 N–H and O–H groups in total. The third-order valence-corrected chi connectivity index (χ3v) is 4.44. The second-order valence-electron chi connectivity index (χ2n) is 7.32. The third kappa shape index (κ3) is 4.70. The first-order valence-corrected chi connectivity index (χ1v) is 8.61. The monoisotopic (exact) mass is 287 g/mol. The molecule has 0 saturated heterocycles. The average Bonchev–Trinajstić information content (AvgIpc) is 3.34. The molecule has 2 fully saturated rings. The molecule has 0 radical (unpaired) electrons. The normalized spacial score (nSPS) is 18.2. The predicted octanol–water partition coefficient (Wildman–Crippen LogP) is 3.45.